The SMILES string of the molecule is CC(C)(C)c1cc([C@@H]2CNCCN2)cc(C(C)(C)C)c1O.Cl. The van der Waals surface area contributed by atoms with Crippen molar-refractivity contribution in [3.05, 3.63) is 28.8 Å². The van der Waals surface area contributed by atoms with Crippen molar-refractivity contribution in [2.75, 3.05) is 19.6 Å². The van der Waals surface area contributed by atoms with E-state index in [-0.39, 0.29) is 23.2 Å². The summed E-state index contributed by atoms with van der Waals surface area (Å²) in [5, 5.41) is 17.8. The molecule has 2 rings (SSSR count). The summed E-state index contributed by atoms with van der Waals surface area (Å²) in [4.78, 5) is 0. The van der Waals surface area contributed by atoms with Gasteiger partial charge in [0.05, 0.1) is 0 Å². The van der Waals surface area contributed by atoms with Crippen molar-refractivity contribution in [1.82, 2.24) is 10.6 Å². The molecule has 0 amide bonds. The minimum Gasteiger partial charge on any atom is -0.507 e. The van der Waals surface area contributed by atoms with Gasteiger partial charge in [0.25, 0.3) is 0 Å². The van der Waals surface area contributed by atoms with Crippen molar-refractivity contribution in [2.24, 2.45) is 0 Å². The third kappa shape index (κ3) is 4.15. The van der Waals surface area contributed by atoms with E-state index in [2.05, 4.69) is 64.3 Å². The summed E-state index contributed by atoms with van der Waals surface area (Å²) in [5.41, 5.74) is 3.22. The molecule has 0 aromatic heterocycles. The van der Waals surface area contributed by atoms with Crippen molar-refractivity contribution in [3.63, 3.8) is 0 Å². The van der Waals surface area contributed by atoms with Crippen LogP contribution < -0.4 is 10.6 Å². The van der Waals surface area contributed by atoms with E-state index in [0.717, 1.165) is 30.8 Å². The Kier molecular flexibility index (Phi) is 5.94. The molecule has 0 spiro atoms. The van der Waals surface area contributed by atoms with Gasteiger partial charge in [-0.05, 0) is 39.7 Å². The first-order chi connectivity index (χ1) is 9.60. The normalized spacial score (nSPS) is 19.6. The lowest BCUT2D eigenvalue weighted by atomic mass is 9.77. The first-order valence-corrected chi connectivity index (χ1v) is 7.92. The zero-order chi connectivity index (χ0) is 15.8. The van der Waals surface area contributed by atoms with Crippen LogP contribution in [0.2, 0.25) is 0 Å². The Morgan fingerprint density at radius 2 is 1.45 bits per heavy atom. The molecule has 1 aliphatic heterocycles. The highest BCUT2D eigenvalue weighted by Crippen LogP contribution is 2.40. The molecule has 0 aliphatic carbocycles. The maximum atomic E-state index is 10.7. The monoisotopic (exact) mass is 326 g/mol. The molecule has 1 aromatic carbocycles. The molecule has 1 heterocycles. The first-order valence-electron chi connectivity index (χ1n) is 7.92. The Hall–Kier alpha value is -0.770. The second-order valence-electron chi connectivity index (χ2n) is 8.18. The fourth-order valence-electron chi connectivity index (χ4n) is 2.89. The summed E-state index contributed by atoms with van der Waals surface area (Å²) in [7, 11) is 0. The van der Waals surface area contributed by atoms with Crippen LogP contribution in [0.3, 0.4) is 0 Å². The molecule has 1 fully saturated rings. The van der Waals surface area contributed by atoms with Crippen molar-refractivity contribution in [1.29, 1.82) is 0 Å². The second kappa shape index (κ2) is 6.77. The fraction of sp³-hybridized carbons (Fsp3) is 0.667. The molecule has 3 nitrogen and oxygen atoms in total. The summed E-state index contributed by atoms with van der Waals surface area (Å²) < 4.78 is 0. The highest BCUT2D eigenvalue weighted by atomic mass is 35.5. The first kappa shape index (κ1) is 19.3. The van der Waals surface area contributed by atoms with E-state index in [0.29, 0.717) is 11.8 Å². The summed E-state index contributed by atoms with van der Waals surface area (Å²) in [6.45, 7) is 15.9. The van der Waals surface area contributed by atoms with E-state index in [1.54, 1.807) is 0 Å². The number of rotatable bonds is 1. The Bertz CT molecular complexity index is 474. The van der Waals surface area contributed by atoms with E-state index in [4.69, 9.17) is 0 Å². The second-order valence-corrected chi connectivity index (χ2v) is 8.18. The van der Waals surface area contributed by atoms with Crippen LogP contribution in [0.4, 0.5) is 0 Å². The Labute approximate surface area is 141 Å². The van der Waals surface area contributed by atoms with Gasteiger partial charge in [0.2, 0.25) is 0 Å². The van der Waals surface area contributed by atoms with Crippen LogP contribution >= 0.6 is 12.4 Å². The van der Waals surface area contributed by atoms with Crippen LogP contribution in [0.15, 0.2) is 12.1 Å². The van der Waals surface area contributed by atoms with Crippen LogP contribution in [0.5, 0.6) is 5.75 Å². The molecule has 1 aromatic rings. The average molecular weight is 327 g/mol. The number of hydrogen-bond acceptors (Lipinski definition) is 3. The predicted octanol–water partition coefficient (Wildman–Crippen LogP) is 3.64. The lowest BCUT2D eigenvalue weighted by molar-refractivity contribution is 0.411. The summed E-state index contributed by atoms with van der Waals surface area (Å²) >= 11 is 0. The maximum Gasteiger partial charge on any atom is 0.123 e. The summed E-state index contributed by atoms with van der Waals surface area (Å²) in [6.07, 6.45) is 0. The highest BCUT2D eigenvalue weighted by molar-refractivity contribution is 5.85. The Balaban J connectivity index is 0.00000242. The number of aromatic hydroxyl groups is 1. The lowest BCUT2D eigenvalue weighted by Crippen LogP contribution is -2.42. The van der Waals surface area contributed by atoms with E-state index < -0.39 is 0 Å². The van der Waals surface area contributed by atoms with E-state index in [1.165, 1.54) is 5.56 Å². The quantitative estimate of drug-likeness (QED) is 0.738. The highest BCUT2D eigenvalue weighted by Gasteiger charge is 2.28. The minimum absolute atomic E-state index is 0. The number of piperazine rings is 1. The molecular formula is C18H31ClN2O. The van der Waals surface area contributed by atoms with E-state index >= 15 is 0 Å². The third-order valence-electron chi connectivity index (χ3n) is 4.19. The van der Waals surface area contributed by atoms with Crippen molar-refractivity contribution >= 4 is 12.4 Å². The molecule has 1 atom stereocenters. The van der Waals surface area contributed by atoms with Crippen LogP contribution in [-0.4, -0.2) is 24.7 Å². The molecule has 0 bridgehead atoms. The van der Waals surface area contributed by atoms with Gasteiger partial charge in [0.1, 0.15) is 5.75 Å². The number of phenolic OH excluding ortho intramolecular Hbond substituents is 1. The van der Waals surface area contributed by atoms with Gasteiger partial charge >= 0.3 is 0 Å². The number of nitrogens with one attached hydrogen (secondary N) is 2. The molecule has 22 heavy (non-hydrogen) atoms. The van der Waals surface area contributed by atoms with Crippen LogP contribution in [0.1, 0.15) is 64.3 Å². The van der Waals surface area contributed by atoms with Crippen LogP contribution in [0.25, 0.3) is 0 Å². The minimum atomic E-state index is -0.0673. The van der Waals surface area contributed by atoms with Gasteiger partial charge in [-0.3, -0.25) is 0 Å². The summed E-state index contributed by atoms with van der Waals surface area (Å²) in [5.74, 6) is 0.461. The topological polar surface area (TPSA) is 44.3 Å². The molecular weight excluding hydrogens is 296 g/mol. The number of halogens is 1. The standard InChI is InChI=1S/C18H30N2O.ClH/c1-17(2,3)13-9-12(15-11-19-7-8-20-15)10-14(16(13)21)18(4,5)6;/h9-10,15,19-21H,7-8,11H2,1-6H3;1H/t15-;/m0./s1. The third-order valence-corrected chi connectivity index (χ3v) is 4.19. The van der Waals surface area contributed by atoms with Gasteiger partial charge in [0.15, 0.2) is 0 Å². The van der Waals surface area contributed by atoms with E-state index in [9.17, 15) is 5.11 Å². The lowest BCUT2D eigenvalue weighted by Gasteiger charge is -2.31. The van der Waals surface area contributed by atoms with Gasteiger partial charge < -0.3 is 15.7 Å². The van der Waals surface area contributed by atoms with Crippen LogP contribution in [0, 0.1) is 0 Å². The van der Waals surface area contributed by atoms with Gasteiger partial charge in [-0.25, -0.2) is 0 Å². The molecule has 3 N–H and O–H groups in total. The smallest absolute Gasteiger partial charge is 0.123 e. The van der Waals surface area contributed by atoms with E-state index in [1.807, 2.05) is 0 Å². The largest absolute Gasteiger partial charge is 0.507 e. The predicted molar refractivity (Wildman–Crippen MR) is 96.4 cm³/mol. The number of phenols is 1. The van der Waals surface area contributed by atoms with Crippen molar-refractivity contribution in [2.45, 2.75) is 58.4 Å². The van der Waals surface area contributed by atoms with Crippen LogP contribution in [-0.2, 0) is 10.8 Å². The van der Waals surface area contributed by atoms with Crippen molar-refractivity contribution < 1.29 is 5.11 Å². The molecule has 126 valence electrons. The molecule has 0 unspecified atom stereocenters. The molecule has 0 radical (unpaired) electrons. The maximum absolute atomic E-state index is 10.7. The van der Waals surface area contributed by atoms with Gasteiger partial charge in [-0.15, -0.1) is 12.4 Å². The van der Waals surface area contributed by atoms with Gasteiger partial charge in [0, 0.05) is 25.7 Å². The Morgan fingerprint density at radius 1 is 0.955 bits per heavy atom. The Morgan fingerprint density at radius 3 is 1.82 bits per heavy atom. The number of benzene rings is 1. The molecule has 1 saturated heterocycles. The van der Waals surface area contributed by atoms with Gasteiger partial charge in [-0.1, -0.05) is 41.5 Å². The zero-order valence-corrected chi connectivity index (χ0v) is 15.5. The van der Waals surface area contributed by atoms with Gasteiger partial charge in [-0.2, -0.15) is 0 Å². The fourth-order valence-corrected chi connectivity index (χ4v) is 2.89. The zero-order valence-electron chi connectivity index (χ0n) is 14.7. The molecule has 1 aliphatic rings. The molecule has 4 heteroatoms. The number of hydrogen-bond donors (Lipinski definition) is 3. The summed E-state index contributed by atoms with van der Waals surface area (Å²) in [6, 6.07) is 4.67. The molecule has 0 saturated carbocycles. The average Bonchev–Trinajstić information content (AvgIpc) is 2.37. The van der Waals surface area contributed by atoms with Crippen molar-refractivity contribution in [3.8, 4) is 5.75 Å².